The second-order valence-electron chi connectivity index (χ2n) is 7.21. The average molecular weight is 418 g/mol. The Morgan fingerprint density at radius 1 is 1.06 bits per heavy atom. The fraction of sp³-hybridized carbons (Fsp3) is 0.292. The van der Waals surface area contributed by atoms with Crippen LogP contribution in [0.2, 0.25) is 0 Å². The lowest BCUT2D eigenvalue weighted by Crippen LogP contribution is -2.49. The molecule has 1 aliphatic heterocycles. The fourth-order valence-electron chi connectivity index (χ4n) is 3.29. The molecule has 3 rings (SSSR count). The number of ether oxygens (including phenoxy) is 1. The predicted octanol–water partition coefficient (Wildman–Crippen LogP) is 3.48. The second kappa shape index (κ2) is 11.0. The minimum absolute atomic E-state index is 0.118. The molecule has 0 bridgehead atoms. The molecule has 0 radical (unpaired) electrons. The molecule has 1 heterocycles. The molecule has 2 aromatic carbocycles. The molecule has 0 unspecified atom stereocenters. The highest BCUT2D eigenvalue weighted by Gasteiger charge is 2.21. The second-order valence-corrected chi connectivity index (χ2v) is 7.21. The van der Waals surface area contributed by atoms with Crippen molar-refractivity contribution in [3.05, 3.63) is 71.3 Å². The molecule has 31 heavy (non-hydrogen) atoms. The van der Waals surface area contributed by atoms with Crippen LogP contribution in [-0.4, -0.2) is 54.6 Å². The highest BCUT2D eigenvalue weighted by molar-refractivity contribution is 5.90. The van der Waals surface area contributed by atoms with E-state index in [2.05, 4.69) is 16.3 Å². The number of nitrogens with one attached hydrogen (secondary N) is 1. The smallest absolute Gasteiger partial charge is 0.330 e. The third kappa shape index (κ3) is 6.69. The topological polar surface area (TPSA) is 85.7 Å². The van der Waals surface area contributed by atoms with Crippen LogP contribution >= 0.6 is 0 Å². The minimum Gasteiger partial charge on any atom is -0.463 e. The number of carbonyl (C=O) groups excluding carboxylic acids is 2. The molecule has 0 saturated carbocycles. The van der Waals surface area contributed by atoms with Gasteiger partial charge in [0.1, 0.15) is 0 Å². The van der Waals surface area contributed by atoms with E-state index in [9.17, 15) is 9.59 Å². The molecule has 2 aromatic rings. The molecule has 7 nitrogen and oxygen atoms in total. The first-order chi connectivity index (χ1) is 15.1. The Morgan fingerprint density at radius 3 is 2.35 bits per heavy atom. The minimum atomic E-state index is -0.377. The van der Waals surface area contributed by atoms with Crippen LogP contribution in [0.4, 0.5) is 10.5 Å². The molecule has 1 fully saturated rings. The third-order valence-corrected chi connectivity index (χ3v) is 5.01. The van der Waals surface area contributed by atoms with Crippen molar-refractivity contribution in [2.75, 3.05) is 38.1 Å². The number of anilines is 1. The number of hydrogen-bond acceptors (Lipinski definition) is 5. The number of piperazine rings is 1. The maximum atomic E-state index is 12.6. The largest absolute Gasteiger partial charge is 0.463 e. The average Bonchev–Trinajstić information content (AvgIpc) is 2.80. The lowest BCUT2D eigenvalue weighted by molar-refractivity contribution is -0.137. The summed E-state index contributed by atoms with van der Waals surface area (Å²) in [5.74, 6) is -0.377. The van der Waals surface area contributed by atoms with E-state index in [4.69, 9.17) is 10.00 Å². The normalized spacial score (nSPS) is 14.3. The number of nitrogens with zero attached hydrogens (tertiary/aromatic N) is 3. The van der Waals surface area contributed by atoms with Gasteiger partial charge in [-0.3, -0.25) is 4.90 Å². The Hall–Kier alpha value is -3.63. The molecular formula is C24H26N4O3. The van der Waals surface area contributed by atoms with Crippen molar-refractivity contribution in [2.45, 2.75) is 13.5 Å². The van der Waals surface area contributed by atoms with Crippen molar-refractivity contribution in [3.63, 3.8) is 0 Å². The van der Waals surface area contributed by atoms with Crippen molar-refractivity contribution in [1.29, 1.82) is 5.26 Å². The molecule has 160 valence electrons. The van der Waals surface area contributed by atoms with Gasteiger partial charge in [0.05, 0.1) is 18.2 Å². The Morgan fingerprint density at radius 2 is 1.74 bits per heavy atom. The van der Waals surface area contributed by atoms with Gasteiger partial charge in [0.15, 0.2) is 0 Å². The van der Waals surface area contributed by atoms with E-state index in [0.29, 0.717) is 30.9 Å². The first kappa shape index (κ1) is 22.1. The summed E-state index contributed by atoms with van der Waals surface area (Å²) in [6.45, 7) is 5.82. The number of amides is 2. The quantitative estimate of drug-likeness (QED) is 0.573. The summed E-state index contributed by atoms with van der Waals surface area (Å²) in [4.78, 5) is 28.0. The monoisotopic (exact) mass is 418 g/mol. The van der Waals surface area contributed by atoms with Crippen LogP contribution in [0, 0.1) is 11.3 Å². The van der Waals surface area contributed by atoms with Crippen molar-refractivity contribution >= 4 is 23.8 Å². The summed E-state index contributed by atoms with van der Waals surface area (Å²) in [6.07, 6.45) is 3.06. The number of urea groups is 1. The molecular weight excluding hydrogens is 392 g/mol. The van der Waals surface area contributed by atoms with E-state index in [1.807, 2.05) is 53.4 Å². The molecule has 0 spiro atoms. The summed E-state index contributed by atoms with van der Waals surface area (Å²) in [6, 6.07) is 16.9. The van der Waals surface area contributed by atoms with Crippen LogP contribution in [-0.2, 0) is 16.1 Å². The number of hydrogen-bond donors (Lipinski definition) is 1. The summed E-state index contributed by atoms with van der Waals surface area (Å²) in [5.41, 5.74) is 3.38. The van der Waals surface area contributed by atoms with Gasteiger partial charge in [-0.15, -0.1) is 0 Å². The zero-order valence-corrected chi connectivity index (χ0v) is 17.6. The van der Waals surface area contributed by atoms with E-state index < -0.39 is 0 Å². The Labute approximate surface area is 182 Å². The van der Waals surface area contributed by atoms with Crippen molar-refractivity contribution in [1.82, 2.24) is 9.80 Å². The first-order valence-electron chi connectivity index (χ1n) is 10.3. The predicted molar refractivity (Wildman–Crippen MR) is 119 cm³/mol. The zero-order valence-electron chi connectivity index (χ0n) is 17.6. The lowest BCUT2D eigenvalue weighted by Gasteiger charge is -2.34. The van der Waals surface area contributed by atoms with Crippen LogP contribution in [0.3, 0.4) is 0 Å². The molecule has 1 aliphatic rings. The van der Waals surface area contributed by atoms with Gasteiger partial charge < -0.3 is 15.0 Å². The number of nitriles is 1. The maximum absolute atomic E-state index is 12.6. The molecule has 1 N–H and O–H groups in total. The number of esters is 1. The fourth-order valence-corrected chi connectivity index (χ4v) is 3.29. The van der Waals surface area contributed by atoms with Gasteiger partial charge in [0.2, 0.25) is 0 Å². The number of benzene rings is 2. The molecule has 0 atom stereocenters. The van der Waals surface area contributed by atoms with Crippen molar-refractivity contribution < 1.29 is 14.3 Å². The standard InChI is InChI=1S/C24H26N4O3/c1-2-31-23(29)12-9-19-7-10-22(11-8-19)26-24(30)28-15-13-27(14-16-28)18-21-5-3-20(17-25)4-6-21/h3-12H,2,13-16,18H2,1H3,(H,26,30). The van der Waals surface area contributed by atoms with E-state index >= 15 is 0 Å². The van der Waals surface area contributed by atoms with Gasteiger partial charge in [-0.05, 0) is 48.4 Å². The zero-order chi connectivity index (χ0) is 22.1. The molecule has 1 saturated heterocycles. The van der Waals surface area contributed by atoms with Gasteiger partial charge in [-0.2, -0.15) is 5.26 Å². The summed E-state index contributed by atoms with van der Waals surface area (Å²) in [7, 11) is 0. The Balaban J connectivity index is 1.45. The summed E-state index contributed by atoms with van der Waals surface area (Å²) in [5, 5.41) is 11.8. The Kier molecular flexibility index (Phi) is 7.79. The van der Waals surface area contributed by atoms with Crippen LogP contribution < -0.4 is 5.32 Å². The van der Waals surface area contributed by atoms with Gasteiger partial charge in [-0.1, -0.05) is 24.3 Å². The molecule has 0 aromatic heterocycles. The molecule has 7 heteroatoms. The van der Waals surface area contributed by atoms with E-state index in [0.717, 1.165) is 30.8 Å². The third-order valence-electron chi connectivity index (χ3n) is 5.01. The van der Waals surface area contributed by atoms with E-state index in [1.54, 1.807) is 13.0 Å². The Bertz CT molecular complexity index is 954. The lowest BCUT2D eigenvalue weighted by atomic mass is 10.1. The van der Waals surface area contributed by atoms with Crippen LogP contribution in [0.15, 0.2) is 54.6 Å². The van der Waals surface area contributed by atoms with Crippen LogP contribution in [0.5, 0.6) is 0 Å². The van der Waals surface area contributed by atoms with Crippen LogP contribution in [0.1, 0.15) is 23.6 Å². The first-order valence-corrected chi connectivity index (χ1v) is 10.3. The maximum Gasteiger partial charge on any atom is 0.330 e. The van der Waals surface area contributed by atoms with Crippen LogP contribution in [0.25, 0.3) is 6.08 Å². The van der Waals surface area contributed by atoms with Gasteiger partial charge >= 0.3 is 12.0 Å². The SMILES string of the molecule is CCOC(=O)C=Cc1ccc(NC(=O)N2CCN(Cc3ccc(C#N)cc3)CC2)cc1. The van der Waals surface area contributed by atoms with E-state index in [-0.39, 0.29) is 12.0 Å². The molecule has 0 aliphatic carbocycles. The summed E-state index contributed by atoms with van der Waals surface area (Å²) < 4.78 is 4.85. The van der Waals surface area contributed by atoms with Gasteiger partial charge in [0.25, 0.3) is 0 Å². The molecule has 2 amide bonds. The van der Waals surface area contributed by atoms with Crippen molar-refractivity contribution in [3.8, 4) is 6.07 Å². The number of rotatable bonds is 6. The van der Waals surface area contributed by atoms with Gasteiger partial charge in [0, 0.05) is 44.5 Å². The highest BCUT2D eigenvalue weighted by atomic mass is 16.5. The van der Waals surface area contributed by atoms with Gasteiger partial charge in [-0.25, -0.2) is 9.59 Å². The number of carbonyl (C=O) groups is 2. The van der Waals surface area contributed by atoms with E-state index in [1.165, 1.54) is 6.08 Å². The summed E-state index contributed by atoms with van der Waals surface area (Å²) >= 11 is 0. The highest BCUT2D eigenvalue weighted by Crippen LogP contribution is 2.14. The van der Waals surface area contributed by atoms with Crippen molar-refractivity contribution in [2.24, 2.45) is 0 Å².